The second-order valence-corrected chi connectivity index (χ2v) is 6.82. The molecule has 1 heterocycles. The Morgan fingerprint density at radius 2 is 2.14 bits per heavy atom. The van der Waals surface area contributed by atoms with Gasteiger partial charge in [-0.15, -0.1) is 0 Å². The molecule has 0 radical (unpaired) electrons. The van der Waals surface area contributed by atoms with E-state index in [9.17, 15) is 14.9 Å². The zero-order valence-corrected chi connectivity index (χ0v) is 16.5. The molecule has 3 N–H and O–H groups in total. The maximum atomic E-state index is 12.8. The number of nitrogens with one attached hydrogen (secondary N) is 1. The molecule has 28 heavy (non-hydrogen) atoms. The highest BCUT2D eigenvalue weighted by Crippen LogP contribution is 2.43. The van der Waals surface area contributed by atoms with Gasteiger partial charge in [-0.2, -0.15) is 5.26 Å². The van der Waals surface area contributed by atoms with Gasteiger partial charge in [0.25, 0.3) is 0 Å². The van der Waals surface area contributed by atoms with Gasteiger partial charge in [-0.25, -0.2) is 4.79 Å². The number of allylic oxidation sites excluding steroid dienone is 2. The number of nitriles is 1. The Bertz CT molecular complexity index is 899. The maximum absolute atomic E-state index is 12.8. The number of ether oxygens (including phenoxy) is 2. The van der Waals surface area contributed by atoms with Gasteiger partial charge in [0.1, 0.15) is 12.4 Å². The summed E-state index contributed by atoms with van der Waals surface area (Å²) in [5.41, 5.74) is 6.99. The number of hydrogen-bond donors (Lipinski definition) is 2. The fourth-order valence-corrected chi connectivity index (χ4v) is 3.70. The van der Waals surface area contributed by atoms with E-state index in [1.54, 1.807) is 31.2 Å². The molecule has 0 fully saturated rings. The van der Waals surface area contributed by atoms with E-state index in [1.807, 2.05) is 0 Å². The molecule has 1 atom stereocenters. The summed E-state index contributed by atoms with van der Waals surface area (Å²) in [7, 11) is 1.52. The summed E-state index contributed by atoms with van der Waals surface area (Å²) in [6.45, 7) is 5.31. The van der Waals surface area contributed by atoms with E-state index >= 15 is 0 Å². The van der Waals surface area contributed by atoms with Crippen LogP contribution in [-0.4, -0.2) is 31.3 Å². The van der Waals surface area contributed by atoms with E-state index < -0.39 is 17.8 Å². The second-order valence-electron chi connectivity index (χ2n) is 5.84. The van der Waals surface area contributed by atoms with Gasteiger partial charge in [-0.05, 0) is 13.0 Å². The van der Waals surface area contributed by atoms with Crippen molar-refractivity contribution in [3.8, 4) is 11.8 Å². The first kappa shape index (κ1) is 21.1. The number of carbonyl (C=O) groups excluding carboxylic acids is 2. The first-order chi connectivity index (χ1) is 13.4. The van der Waals surface area contributed by atoms with Crippen LogP contribution in [0.25, 0.3) is 0 Å². The minimum atomic E-state index is -0.713. The zero-order chi connectivity index (χ0) is 20.7. The Balaban J connectivity index is 2.63. The van der Waals surface area contributed by atoms with Gasteiger partial charge in [0.2, 0.25) is 5.91 Å². The Morgan fingerprint density at radius 1 is 1.43 bits per heavy atom. The molecule has 1 aliphatic rings. The zero-order valence-electron chi connectivity index (χ0n) is 15.7. The molecule has 8 heteroatoms. The third-order valence-corrected chi connectivity index (χ3v) is 5.05. The highest BCUT2D eigenvalue weighted by Gasteiger charge is 2.37. The molecule has 1 aromatic carbocycles. The van der Waals surface area contributed by atoms with Crippen LogP contribution in [0.4, 0.5) is 0 Å². The van der Waals surface area contributed by atoms with Gasteiger partial charge >= 0.3 is 5.97 Å². The van der Waals surface area contributed by atoms with Crippen molar-refractivity contribution in [1.29, 1.82) is 5.26 Å². The van der Waals surface area contributed by atoms with Gasteiger partial charge < -0.3 is 20.5 Å². The molecule has 0 bridgehead atoms. The third kappa shape index (κ3) is 4.56. The van der Waals surface area contributed by atoms with E-state index in [2.05, 4.69) is 18.0 Å². The number of methoxy groups -OCH3 is 1. The van der Waals surface area contributed by atoms with Crippen molar-refractivity contribution in [2.45, 2.75) is 12.8 Å². The average Bonchev–Trinajstić information content (AvgIpc) is 2.69. The number of hydrogen-bond acceptors (Lipinski definition) is 7. The number of para-hydroxylation sites is 1. The van der Waals surface area contributed by atoms with Crippen LogP contribution >= 0.6 is 11.8 Å². The smallest absolute Gasteiger partial charge is 0.337 e. The van der Waals surface area contributed by atoms with Crippen molar-refractivity contribution in [2.24, 2.45) is 5.73 Å². The molecule has 0 spiro atoms. The van der Waals surface area contributed by atoms with Crippen LogP contribution < -0.4 is 15.8 Å². The number of benzene rings is 1. The SMILES string of the molecule is C=CCOC(=O)C1=C(C)NC(SCC(N)=O)=C(C#N)C1c1ccccc1OC. The summed E-state index contributed by atoms with van der Waals surface area (Å²) >= 11 is 1.11. The summed E-state index contributed by atoms with van der Waals surface area (Å²) in [6.07, 6.45) is 1.47. The van der Waals surface area contributed by atoms with Crippen LogP contribution in [0.15, 0.2) is 58.8 Å². The molecule has 1 aliphatic heterocycles. The molecule has 0 saturated carbocycles. The molecular formula is C20H21N3O4S. The highest BCUT2D eigenvalue weighted by atomic mass is 32.2. The summed E-state index contributed by atoms with van der Waals surface area (Å²) in [5.74, 6) is -1.26. The van der Waals surface area contributed by atoms with Crippen LogP contribution in [0.3, 0.4) is 0 Å². The predicted octanol–water partition coefficient (Wildman–Crippen LogP) is 2.34. The predicted molar refractivity (Wildman–Crippen MR) is 107 cm³/mol. The molecule has 1 amide bonds. The van der Waals surface area contributed by atoms with Crippen molar-refractivity contribution < 1.29 is 19.1 Å². The monoisotopic (exact) mass is 399 g/mol. The molecule has 7 nitrogen and oxygen atoms in total. The highest BCUT2D eigenvalue weighted by molar-refractivity contribution is 8.03. The minimum absolute atomic E-state index is 0.00428. The number of thioether (sulfide) groups is 1. The Kier molecular flexibility index (Phi) is 7.29. The number of dihydropyridines is 1. The molecular weight excluding hydrogens is 378 g/mol. The lowest BCUT2D eigenvalue weighted by atomic mass is 9.82. The fourth-order valence-electron chi connectivity index (χ4n) is 2.87. The number of rotatable bonds is 8. The van der Waals surface area contributed by atoms with E-state index in [0.29, 0.717) is 27.6 Å². The Labute approximate surface area is 167 Å². The van der Waals surface area contributed by atoms with Gasteiger partial charge in [-0.3, -0.25) is 4.79 Å². The van der Waals surface area contributed by atoms with Crippen LogP contribution in [-0.2, 0) is 14.3 Å². The van der Waals surface area contributed by atoms with Crippen molar-refractivity contribution in [2.75, 3.05) is 19.5 Å². The Morgan fingerprint density at radius 3 is 2.75 bits per heavy atom. The molecule has 0 aromatic heterocycles. The number of carbonyl (C=O) groups is 2. The number of esters is 1. The standard InChI is InChI=1S/C20H21N3O4S/c1-4-9-27-20(25)17-12(2)23-19(28-11-16(22)24)14(10-21)18(17)13-7-5-6-8-15(13)26-3/h4-8,18,23H,1,9,11H2,2-3H3,(H2,22,24). The number of nitrogens with zero attached hydrogens (tertiary/aromatic N) is 1. The summed E-state index contributed by atoms with van der Waals surface area (Å²) < 4.78 is 10.7. The van der Waals surface area contributed by atoms with Gasteiger partial charge in [-0.1, -0.05) is 42.6 Å². The lowest BCUT2D eigenvalue weighted by molar-refractivity contribution is -0.138. The van der Waals surface area contributed by atoms with Crippen LogP contribution in [0.5, 0.6) is 5.75 Å². The molecule has 2 rings (SSSR count). The lowest BCUT2D eigenvalue weighted by Gasteiger charge is -2.30. The number of nitrogens with two attached hydrogens (primary N) is 1. The topological polar surface area (TPSA) is 114 Å². The molecule has 0 saturated heterocycles. The van der Waals surface area contributed by atoms with E-state index in [0.717, 1.165) is 11.8 Å². The molecule has 1 unspecified atom stereocenters. The van der Waals surface area contributed by atoms with Crippen LogP contribution in [0, 0.1) is 11.3 Å². The van der Waals surface area contributed by atoms with E-state index in [4.69, 9.17) is 15.2 Å². The van der Waals surface area contributed by atoms with E-state index in [-0.39, 0.29) is 17.9 Å². The number of primary amides is 1. The molecule has 0 aliphatic carbocycles. The second kappa shape index (κ2) is 9.67. The summed E-state index contributed by atoms with van der Waals surface area (Å²) in [4.78, 5) is 24.0. The minimum Gasteiger partial charge on any atom is -0.496 e. The van der Waals surface area contributed by atoms with Gasteiger partial charge in [0.15, 0.2) is 0 Å². The van der Waals surface area contributed by atoms with Crippen LogP contribution in [0.1, 0.15) is 18.4 Å². The molecule has 146 valence electrons. The average molecular weight is 399 g/mol. The van der Waals surface area contributed by atoms with Crippen molar-refractivity contribution in [3.05, 3.63) is 64.4 Å². The maximum Gasteiger partial charge on any atom is 0.337 e. The Hall–Kier alpha value is -3.18. The molecule has 1 aromatic rings. The summed E-state index contributed by atoms with van der Waals surface area (Å²) in [5, 5.41) is 13.4. The number of amides is 1. The summed E-state index contributed by atoms with van der Waals surface area (Å²) in [6, 6.07) is 9.31. The first-order valence-electron chi connectivity index (χ1n) is 8.38. The van der Waals surface area contributed by atoms with Crippen LogP contribution in [0.2, 0.25) is 0 Å². The van der Waals surface area contributed by atoms with Crippen molar-refractivity contribution in [1.82, 2.24) is 5.32 Å². The lowest BCUT2D eigenvalue weighted by Crippen LogP contribution is -2.29. The van der Waals surface area contributed by atoms with Crippen molar-refractivity contribution in [3.63, 3.8) is 0 Å². The van der Waals surface area contributed by atoms with Gasteiger partial charge in [0, 0.05) is 11.3 Å². The van der Waals surface area contributed by atoms with Crippen molar-refractivity contribution >= 4 is 23.6 Å². The quantitative estimate of drug-likeness (QED) is 0.509. The largest absolute Gasteiger partial charge is 0.496 e. The van der Waals surface area contributed by atoms with Gasteiger partial charge in [0.05, 0.1) is 41.0 Å². The van der Waals surface area contributed by atoms with E-state index in [1.165, 1.54) is 13.2 Å². The first-order valence-corrected chi connectivity index (χ1v) is 9.37. The normalized spacial score (nSPS) is 16.1. The third-order valence-electron chi connectivity index (χ3n) is 4.01. The fraction of sp³-hybridized carbons (Fsp3) is 0.250.